The molecule has 21 heavy (non-hydrogen) atoms. The highest BCUT2D eigenvalue weighted by molar-refractivity contribution is 5.92. The van der Waals surface area contributed by atoms with Crippen LogP contribution in [0.1, 0.15) is 16.1 Å². The van der Waals surface area contributed by atoms with Crippen molar-refractivity contribution in [1.29, 1.82) is 0 Å². The second-order valence-corrected chi connectivity index (χ2v) is 4.85. The second-order valence-electron chi connectivity index (χ2n) is 4.85. The van der Waals surface area contributed by atoms with E-state index >= 15 is 0 Å². The minimum Gasteiger partial charge on any atom is -0.486 e. The van der Waals surface area contributed by atoms with Crippen LogP contribution in [-0.4, -0.2) is 36.1 Å². The van der Waals surface area contributed by atoms with E-state index in [-0.39, 0.29) is 5.91 Å². The Labute approximate surface area is 123 Å². The van der Waals surface area contributed by atoms with Crippen LogP contribution in [0.15, 0.2) is 42.6 Å². The van der Waals surface area contributed by atoms with Crippen LogP contribution in [-0.2, 0) is 6.54 Å². The minimum atomic E-state index is -0.106. The molecular weight excluding hydrogens is 268 g/mol. The number of aromatic nitrogens is 1. The second kappa shape index (κ2) is 5.83. The van der Waals surface area contributed by atoms with Crippen LogP contribution in [0.4, 0.5) is 0 Å². The van der Waals surface area contributed by atoms with E-state index < -0.39 is 0 Å². The lowest BCUT2D eigenvalue weighted by atomic mass is 10.1. The third-order valence-electron chi connectivity index (χ3n) is 3.26. The number of carbonyl (C=O) groups excluding carboxylic acids is 1. The lowest BCUT2D eigenvalue weighted by Gasteiger charge is -2.21. The summed E-state index contributed by atoms with van der Waals surface area (Å²) >= 11 is 0. The van der Waals surface area contributed by atoms with E-state index in [1.165, 1.54) is 0 Å². The third kappa shape index (κ3) is 2.97. The van der Waals surface area contributed by atoms with Crippen molar-refractivity contribution >= 4 is 5.91 Å². The molecule has 0 fully saturated rings. The molecule has 1 aliphatic heterocycles. The molecule has 0 bridgehead atoms. The fraction of sp³-hybridized carbons (Fsp3) is 0.250. The first-order chi connectivity index (χ1) is 10.2. The maximum absolute atomic E-state index is 12.2. The number of hydrogen-bond acceptors (Lipinski definition) is 4. The van der Waals surface area contributed by atoms with Gasteiger partial charge < -0.3 is 14.4 Å². The average molecular weight is 284 g/mol. The number of amides is 1. The molecule has 1 aromatic carbocycles. The lowest BCUT2D eigenvalue weighted by molar-refractivity contribution is 0.0779. The van der Waals surface area contributed by atoms with Crippen molar-refractivity contribution in [3.8, 4) is 11.5 Å². The first-order valence-electron chi connectivity index (χ1n) is 6.79. The molecule has 1 aromatic heterocycles. The number of rotatable bonds is 3. The van der Waals surface area contributed by atoms with Gasteiger partial charge in [-0.15, -0.1) is 0 Å². The van der Waals surface area contributed by atoms with Crippen molar-refractivity contribution < 1.29 is 14.3 Å². The molecule has 1 amide bonds. The number of ether oxygens (including phenoxy) is 2. The Kier molecular flexibility index (Phi) is 3.73. The van der Waals surface area contributed by atoms with Crippen molar-refractivity contribution in [1.82, 2.24) is 9.88 Å². The molecule has 1 aliphatic rings. The zero-order valence-corrected chi connectivity index (χ0v) is 11.8. The number of pyridine rings is 1. The van der Waals surface area contributed by atoms with Gasteiger partial charge in [0.05, 0.1) is 0 Å². The summed E-state index contributed by atoms with van der Waals surface area (Å²) in [5.74, 6) is 1.38. The topological polar surface area (TPSA) is 51.7 Å². The SMILES string of the molecule is CN(Cc1ccc2c(c1)OCCO2)C(=O)c1ccccn1. The highest BCUT2D eigenvalue weighted by Gasteiger charge is 2.15. The van der Waals surface area contributed by atoms with Crippen LogP contribution in [0, 0.1) is 0 Å². The highest BCUT2D eigenvalue weighted by Crippen LogP contribution is 2.31. The van der Waals surface area contributed by atoms with Gasteiger partial charge in [0.2, 0.25) is 0 Å². The summed E-state index contributed by atoms with van der Waals surface area (Å²) in [5, 5.41) is 0. The number of nitrogens with zero attached hydrogens (tertiary/aromatic N) is 2. The quantitative estimate of drug-likeness (QED) is 0.866. The summed E-state index contributed by atoms with van der Waals surface area (Å²) in [6, 6.07) is 11.0. The fourth-order valence-corrected chi connectivity index (χ4v) is 2.22. The van der Waals surface area contributed by atoms with Gasteiger partial charge in [0.15, 0.2) is 11.5 Å². The molecule has 5 nitrogen and oxygen atoms in total. The van der Waals surface area contributed by atoms with Gasteiger partial charge in [0.25, 0.3) is 5.91 Å². The molecule has 5 heteroatoms. The highest BCUT2D eigenvalue weighted by atomic mass is 16.6. The van der Waals surface area contributed by atoms with Gasteiger partial charge in [-0.3, -0.25) is 9.78 Å². The standard InChI is InChI=1S/C16H16N2O3/c1-18(16(19)13-4-2-3-7-17-13)11-12-5-6-14-15(10-12)21-9-8-20-14/h2-7,10H,8-9,11H2,1H3. The maximum Gasteiger partial charge on any atom is 0.272 e. The smallest absolute Gasteiger partial charge is 0.272 e. The van der Waals surface area contributed by atoms with Gasteiger partial charge in [0.1, 0.15) is 18.9 Å². The molecule has 0 N–H and O–H groups in total. The van der Waals surface area contributed by atoms with Crippen molar-refractivity contribution in [2.75, 3.05) is 20.3 Å². The molecule has 0 aliphatic carbocycles. The van der Waals surface area contributed by atoms with E-state index in [0.717, 1.165) is 17.1 Å². The monoisotopic (exact) mass is 284 g/mol. The molecule has 0 saturated heterocycles. The van der Waals surface area contributed by atoms with Gasteiger partial charge in [0, 0.05) is 19.8 Å². The molecule has 2 heterocycles. The molecule has 108 valence electrons. The molecule has 0 unspecified atom stereocenters. The van der Waals surface area contributed by atoms with E-state index in [9.17, 15) is 4.79 Å². The van der Waals surface area contributed by atoms with Gasteiger partial charge >= 0.3 is 0 Å². The largest absolute Gasteiger partial charge is 0.486 e. The van der Waals surface area contributed by atoms with E-state index in [0.29, 0.717) is 25.5 Å². The van der Waals surface area contributed by atoms with E-state index in [4.69, 9.17) is 9.47 Å². The Morgan fingerprint density at radius 3 is 2.76 bits per heavy atom. The molecule has 2 aromatic rings. The Morgan fingerprint density at radius 1 is 1.19 bits per heavy atom. The summed E-state index contributed by atoms with van der Waals surface area (Å²) in [5.41, 5.74) is 1.43. The Balaban J connectivity index is 1.73. The van der Waals surface area contributed by atoms with Gasteiger partial charge in [-0.25, -0.2) is 0 Å². The summed E-state index contributed by atoms with van der Waals surface area (Å²) in [7, 11) is 1.76. The third-order valence-corrected chi connectivity index (χ3v) is 3.26. The van der Waals surface area contributed by atoms with Gasteiger partial charge in [-0.1, -0.05) is 12.1 Å². The number of benzene rings is 1. The molecule has 0 atom stereocenters. The van der Waals surface area contributed by atoms with Crippen LogP contribution in [0.2, 0.25) is 0 Å². The number of hydrogen-bond donors (Lipinski definition) is 0. The van der Waals surface area contributed by atoms with Crippen LogP contribution in [0.25, 0.3) is 0 Å². The maximum atomic E-state index is 12.2. The van der Waals surface area contributed by atoms with Gasteiger partial charge in [-0.05, 0) is 29.8 Å². The molecule has 0 saturated carbocycles. The summed E-state index contributed by atoms with van der Waals surface area (Å²) in [6.07, 6.45) is 1.62. The van der Waals surface area contributed by atoms with Crippen molar-refractivity contribution in [2.45, 2.75) is 6.54 Å². The number of fused-ring (bicyclic) bond motifs is 1. The predicted molar refractivity (Wildman–Crippen MR) is 77.5 cm³/mol. The fourth-order valence-electron chi connectivity index (χ4n) is 2.22. The summed E-state index contributed by atoms with van der Waals surface area (Å²) in [4.78, 5) is 18.0. The normalized spacial score (nSPS) is 12.8. The van der Waals surface area contributed by atoms with Crippen LogP contribution in [0.3, 0.4) is 0 Å². The Hall–Kier alpha value is -2.56. The zero-order valence-electron chi connectivity index (χ0n) is 11.8. The summed E-state index contributed by atoms with van der Waals surface area (Å²) in [6.45, 7) is 1.62. The van der Waals surface area contributed by atoms with Crippen molar-refractivity contribution in [3.63, 3.8) is 0 Å². The number of carbonyl (C=O) groups is 1. The zero-order chi connectivity index (χ0) is 14.7. The average Bonchev–Trinajstić information content (AvgIpc) is 2.55. The van der Waals surface area contributed by atoms with Crippen LogP contribution >= 0.6 is 0 Å². The van der Waals surface area contributed by atoms with Crippen LogP contribution in [0.5, 0.6) is 11.5 Å². The lowest BCUT2D eigenvalue weighted by Crippen LogP contribution is -2.27. The first-order valence-corrected chi connectivity index (χ1v) is 6.79. The van der Waals surface area contributed by atoms with Crippen LogP contribution < -0.4 is 9.47 Å². The molecule has 0 radical (unpaired) electrons. The van der Waals surface area contributed by atoms with E-state index in [1.54, 1.807) is 36.3 Å². The van der Waals surface area contributed by atoms with E-state index in [1.807, 2.05) is 18.2 Å². The van der Waals surface area contributed by atoms with Crippen molar-refractivity contribution in [3.05, 3.63) is 53.9 Å². The molecule has 3 rings (SSSR count). The van der Waals surface area contributed by atoms with E-state index in [2.05, 4.69) is 4.98 Å². The van der Waals surface area contributed by atoms with Crippen molar-refractivity contribution in [2.24, 2.45) is 0 Å². The predicted octanol–water partition coefficient (Wildman–Crippen LogP) is 2.12. The Bertz CT molecular complexity index is 643. The first kappa shape index (κ1) is 13.4. The minimum absolute atomic E-state index is 0.106. The van der Waals surface area contributed by atoms with Gasteiger partial charge in [-0.2, -0.15) is 0 Å². The Morgan fingerprint density at radius 2 is 2.00 bits per heavy atom. The summed E-state index contributed by atoms with van der Waals surface area (Å²) < 4.78 is 11.0. The molecular formula is C16H16N2O3. The molecule has 0 spiro atoms.